The Hall–Kier alpha value is -2.25. The largest absolute Gasteiger partial charge is 0.444 e. The summed E-state index contributed by atoms with van der Waals surface area (Å²) in [6, 6.07) is 7.91. The van der Waals surface area contributed by atoms with E-state index in [1.165, 1.54) is 11.3 Å². The molecule has 1 N–H and O–H groups in total. The fourth-order valence-corrected chi connectivity index (χ4v) is 4.13. The lowest BCUT2D eigenvalue weighted by Gasteiger charge is -2.12. The molecule has 0 saturated heterocycles. The fraction of sp³-hybridized carbons (Fsp3) is 0.333. The van der Waals surface area contributed by atoms with E-state index in [0.717, 1.165) is 21.1 Å². The Morgan fingerprint density at radius 3 is 2.64 bits per heavy atom. The van der Waals surface area contributed by atoms with Crippen molar-refractivity contribution in [2.45, 2.75) is 49.0 Å². The predicted molar refractivity (Wildman–Crippen MR) is 115 cm³/mol. The van der Waals surface area contributed by atoms with Crippen molar-refractivity contribution in [3.05, 3.63) is 66.4 Å². The molecule has 0 spiro atoms. The van der Waals surface area contributed by atoms with Crippen molar-refractivity contribution in [2.24, 2.45) is 0 Å². The minimum Gasteiger partial charge on any atom is -0.444 e. The standard InChI is InChI=1S/C21H24N3O2S2/c1-14-5-7-15(8-6-14)9-10-17(25)24-20-23-12-19(28-20)27-13-18-22-11-16(26-18)21(2,3)4/h5-8,11-12H,1,9-10,13H2,2-4H3,(H,23,24,25)/q-1. The number of hydrogen-bond acceptors (Lipinski definition) is 6. The molecular formula is C21H24N3O2S2-. The number of oxazole rings is 1. The normalized spacial score (nSPS) is 11.5. The van der Waals surface area contributed by atoms with Crippen molar-refractivity contribution in [3.8, 4) is 0 Å². The van der Waals surface area contributed by atoms with Gasteiger partial charge >= 0.3 is 0 Å². The van der Waals surface area contributed by atoms with Crippen LogP contribution in [0, 0.1) is 6.92 Å². The van der Waals surface area contributed by atoms with Gasteiger partial charge in [0.05, 0.1) is 22.4 Å². The van der Waals surface area contributed by atoms with Crippen molar-refractivity contribution in [1.29, 1.82) is 0 Å². The van der Waals surface area contributed by atoms with Crippen LogP contribution in [-0.2, 0) is 22.4 Å². The number of carbonyl (C=O) groups excluding carboxylic acids is 1. The Morgan fingerprint density at radius 1 is 1.21 bits per heavy atom. The highest BCUT2D eigenvalue weighted by Crippen LogP contribution is 2.31. The predicted octanol–water partition coefficient (Wildman–Crippen LogP) is 5.47. The van der Waals surface area contributed by atoms with Crippen LogP contribution in [0.3, 0.4) is 0 Å². The summed E-state index contributed by atoms with van der Waals surface area (Å²) in [6.07, 6.45) is 4.67. The number of carbonyl (C=O) groups is 1. The second kappa shape index (κ2) is 8.84. The number of nitrogens with one attached hydrogen (secondary N) is 1. The van der Waals surface area contributed by atoms with Crippen molar-refractivity contribution in [2.75, 3.05) is 5.32 Å². The number of nitrogens with zero attached hydrogens (tertiary/aromatic N) is 2. The first kappa shape index (κ1) is 20.5. The first-order valence-electron chi connectivity index (χ1n) is 9.04. The van der Waals surface area contributed by atoms with Crippen LogP contribution in [0.1, 0.15) is 50.0 Å². The van der Waals surface area contributed by atoms with E-state index in [9.17, 15) is 4.79 Å². The molecule has 2 heterocycles. The highest BCUT2D eigenvalue weighted by Gasteiger charge is 2.19. The van der Waals surface area contributed by atoms with Gasteiger partial charge in [-0.2, -0.15) is 24.6 Å². The van der Waals surface area contributed by atoms with Gasteiger partial charge in [-0.15, -0.1) is 23.9 Å². The maximum atomic E-state index is 12.1. The minimum atomic E-state index is -0.0483. The van der Waals surface area contributed by atoms with Crippen LogP contribution in [0.2, 0.25) is 0 Å². The lowest BCUT2D eigenvalue weighted by Crippen LogP contribution is -2.11. The molecular weight excluding hydrogens is 390 g/mol. The average Bonchev–Trinajstić information content (AvgIpc) is 3.28. The van der Waals surface area contributed by atoms with E-state index >= 15 is 0 Å². The Labute approximate surface area is 174 Å². The molecule has 7 heteroatoms. The smallest absolute Gasteiger partial charge is 0.226 e. The number of thioether (sulfide) groups is 1. The molecule has 148 valence electrons. The SMILES string of the molecule is [CH2-]c1ccc(CCC(=O)Nc2ncc(SCc3ncc(C(C)(C)C)o3)s2)cc1. The second-order valence-corrected chi connectivity index (χ2v) is 9.81. The molecule has 0 aliphatic carbocycles. The van der Waals surface area contributed by atoms with Crippen molar-refractivity contribution in [1.82, 2.24) is 9.97 Å². The molecule has 3 aromatic rings. The Balaban J connectivity index is 1.46. The third kappa shape index (κ3) is 5.87. The van der Waals surface area contributed by atoms with Crippen molar-refractivity contribution in [3.63, 3.8) is 0 Å². The van der Waals surface area contributed by atoms with Gasteiger partial charge in [0, 0.05) is 11.8 Å². The number of aromatic nitrogens is 2. The lowest BCUT2D eigenvalue weighted by molar-refractivity contribution is -0.116. The van der Waals surface area contributed by atoms with Crippen molar-refractivity contribution < 1.29 is 9.21 Å². The van der Waals surface area contributed by atoms with Gasteiger partial charge in [0.15, 0.2) is 5.13 Å². The molecule has 5 nitrogen and oxygen atoms in total. The van der Waals surface area contributed by atoms with Gasteiger partial charge in [-0.05, 0) is 6.42 Å². The van der Waals surface area contributed by atoms with Crippen LogP contribution < -0.4 is 5.32 Å². The van der Waals surface area contributed by atoms with E-state index in [0.29, 0.717) is 29.6 Å². The summed E-state index contributed by atoms with van der Waals surface area (Å²) in [4.78, 5) is 20.8. The van der Waals surface area contributed by atoms with Gasteiger partial charge in [0.1, 0.15) is 5.76 Å². The van der Waals surface area contributed by atoms with Gasteiger partial charge in [-0.3, -0.25) is 4.79 Å². The third-order valence-electron chi connectivity index (χ3n) is 4.03. The maximum Gasteiger partial charge on any atom is 0.226 e. The number of thiazole rings is 1. The number of aryl methyl sites for hydroxylation is 1. The molecule has 0 atom stereocenters. The quantitative estimate of drug-likeness (QED) is 0.410. The molecule has 0 radical (unpaired) electrons. The van der Waals surface area contributed by atoms with E-state index in [-0.39, 0.29) is 11.3 Å². The first-order chi connectivity index (χ1) is 13.3. The zero-order chi connectivity index (χ0) is 20.1. The molecule has 0 fully saturated rings. The average molecular weight is 415 g/mol. The van der Waals surface area contributed by atoms with Crippen molar-refractivity contribution >= 4 is 34.1 Å². The molecule has 2 aromatic heterocycles. The van der Waals surface area contributed by atoms with Gasteiger partial charge in [-0.1, -0.05) is 37.7 Å². The van der Waals surface area contributed by atoms with Crippen LogP contribution in [0.25, 0.3) is 0 Å². The molecule has 1 amide bonds. The van der Waals surface area contributed by atoms with E-state index < -0.39 is 0 Å². The number of benzene rings is 1. The fourth-order valence-electron chi connectivity index (χ4n) is 2.39. The van der Waals surface area contributed by atoms with Crippen LogP contribution in [0.4, 0.5) is 5.13 Å². The molecule has 28 heavy (non-hydrogen) atoms. The van der Waals surface area contributed by atoms with E-state index in [1.807, 2.05) is 24.3 Å². The van der Waals surface area contributed by atoms with E-state index in [2.05, 4.69) is 43.0 Å². The summed E-state index contributed by atoms with van der Waals surface area (Å²) < 4.78 is 6.81. The van der Waals surface area contributed by atoms with Crippen LogP contribution >= 0.6 is 23.1 Å². The molecule has 0 aliphatic rings. The monoisotopic (exact) mass is 414 g/mol. The summed E-state index contributed by atoms with van der Waals surface area (Å²) in [6.45, 7) is 10.2. The molecule has 3 rings (SSSR count). The number of amides is 1. The zero-order valence-corrected chi connectivity index (χ0v) is 18.0. The van der Waals surface area contributed by atoms with E-state index in [1.54, 1.807) is 24.2 Å². The maximum absolute atomic E-state index is 12.1. The third-order valence-corrected chi connectivity index (χ3v) is 6.12. The summed E-state index contributed by atoms with van der Waals surface area (Å²) in [5, 5.41) is 3.48. The summed E-state index contributed by atoms with van der Waals surface area (Å²) in [5.41, 5.74) is 2.05. The Bertz CT molecular complexity index is 924. The van der Waals surface area contributed by atoms with Crippen LogP contribution in [-0.4, -0.2) is 15.9 Å². The number of hydrogen-bond donors (Lipinski definition) is 1. The van der Waals surface area contributed by atoms with Gasteiger partial charge in [0.25, 0.3) is 0 Å². The number of anilines is 1. The molecule has 0 bridgehead atoms. The first-order valence-corrected chi connectivity index (χ1v) is 10.8. The lowest BCUT2D eigenvalue weighted by atomic mass is 9.94. The molecule has 1 aromatic carbocycles. The number of rotatable bonds is 7. The zero-order valence-electron chi connectivity index (χ0n) is 16.3. The van der Waals surface area contributed by atoms with Gasteiger partial charge < -0.3 is 9.73 Å². The van der Waals surface area contributed by atoms with Crippen LogP contribution in [0.15, 0.2) is 45.3 Å². The molecule has 0 unspecified atom stereocenters. The molecule has 0 aliphatic heterocycles. The van der Waals surface area contributed by atoms with Gasteiger partial charge in [0.2, 0.25) is 11.8 Å². The summed E-state index contributed by atoms with van der Waals surface area (Å²) in [5.74, 6) is 2.17. The second-order valence-electron chi connectivity index (χ2n) is 7.51. The minimum absolute atomic E-state index is 0.0351. The van der Waals surface area contributed by atoms with Gasteiger partial charge in [-0.25, -0.2) is 9.97 Å². The highest BCUT2D eigenvalue weighted by atomic mass is 32.2. The summed E-state index contributed by atoms with van der Waals surface area (Å²) >= 11 is 3.06. The van der Waals surface area contributed by atoms with Crippen LogP contribution in [0.5, 0.6) is 0 Å². The summed E-state index contributed by atoms with van der Waals surface area (Å²) in [7, 11) is 0. The topological polar surface area (TPSA) is 68.0 Å². The van der Waals surface area contributed by atoms with E-state index in [4.69, 9.17) is 4.42 Å². The Morgan fingerprint density at radius 2 is 1.96 bits per heavy atom. The molecule has 0 saturated carbocycles. The highest BCUT2D eigenvalue weighted by molar-refractivity contribution is 8.00. The Kier molecular flexibility index (Phi) is 6.46.